The van der Waals surface area contributed by atoms with Crippen LogP contribution in [-0.2, 0) is 14.8 Å². The van der Waals surface area contributed by atoms with Gasteiger partial charge in [-0.25, -0.2) is 13.4 Å². The number of nitrogens with one attached hydrogen (secondary N) is 1. The van der Waals surface area contributed by atoms with Gasteiger partial charge in [0.1, 0.15) is 6.07 Å². The standard InChI is InChI=1S/C21H20N4O3S2/c1-14-23-18-7-6-17(12-19(18)29-14)24-21(26)15-8-10-25(11-9-15)30(27,28)20-5-3-2-4-16(20)13-22/h2-7,12,15H,8-11H2,1H3,(H,24,26). The van der Waals surface area contributed by atoms with Gasteiger partial charge in [0.2, 0.25) is 15.9 Å². The minimum absolute atomic E-state index is 0.0172. The first-order chi connectivity index (χ1) is 14.4. The SMILES string of the molecule is Cc1nc2ccc(NC(=O)C3CCN(S(=O)(=O)c4ccccc4C#N)CC3)cc2s1. The first-order valence-electron chi connectivity index (χ1n) is 9.56. The van der Waals surface area contributed by atoms with Crippen LogP contribution in [0.3, 0.4) is 0 Å². The van der Waals surface area contributed by atoms with Gasteiger partial charge >= 0.3 is 0 Å². The van der Waals surface area contributed by atoms with E-state index in [4.69, 9.17) is 0 Å². The molecule has 0 spiro atoms. The van der Waals surface area contributed by atoms with Gasteiger partial charge in [-0.05, 0) is 50.1 Å². The van der Waals surface area contributed by atoms with Gasteiger partial charge in [0.25, 0.3) is 0 Å². The molecule has 1 amide bonds. The van der Waals surface area contributed by atoms with Gasteiger partial charge in [0.15, 0.2) is 0 Å². The molecule has 1 aliphatic rings. The number of fused-ring (bicyclic) bond motifs is 1. The van der Waals surface area contributed by atoms with Crippen LogP contribution in [0.25, 0.3) is 10.2 Å². The number of thiazole rings is 1. The lowest BCUT2D eigenvalue weighted by molar-refractivity contribution is -0.120. The Morgan fingerprint density at radius 3 is 2.70 bits per heavy atom. The van der Waals surface area contributed by atoms with Crippen molar-refractivity contribution in [3.8, 4) is 6.07 Å². The molecule has 2 heterocycles. The molecule has 154 valence electrons. The van der Waals surface area contributed by atoms with Crippen molar-refractivity contribution < 1.29 is 13.2 Å². The minimum Gasteiger partial charge on any atom is -0.326 e. The second kappa shape index (κ2) is 8.14. The van der Waals surface area contributed by atoms with Gasteiger partial charge in [-0.1, -0.05) is 12.1 Å². The summed E-state index contributed by atoms with van der Waals surface area (Å²) in [5.74, 6) is -0.369. The fourth-order valence-electron chi connectivity index (χ4n) is 3.64. The van der Waals surface area contributed by atoms with Crippen molar-refractivity contribution in [3.05, 3.63) is 53.0 Å². The molecule has 2 aromatic carbocycles. The summed E-state index contributed by atoms with van der Waals surface area (Å²) in [5, 5.41) is 13.1. The molecule has 0 bridgehead atoms. The monoisotopic (exact) mass is 440 g/mol. The predicted molar refractivity (Wildman–Crippen MR) is 116 cm³/mol. The zero-order valence-corrected chi connectivity index (χ0v) is 18.0. The molecule has 1 fully saturated rings. The second-order valence-corrected chi connectivity index (χ2v) is 10.3. The largest absolute Gasteiger partial charge is 0.326 e. The highest BCUT2D eigenvalue weighted by Gasteiger charge is 2.33. The van der Waals surface area contributed by atoms with Crippen LogP contribution in [0.1, 0.15) is 23.4 Å². The summed E-state index contributed by atoms with van der Waals surface area (Å²) >= 11 is 1.57. The van der Waals surface area contributed by atoms with Crippen LogP contribution < -0.4 is 5.32 Å². The summed E-state index contributed by atoms with van der Waals surface area (Å²) in [5.41, 5.74) is 1.76. The first-order valence-corrected chi connectivity index (χ1v) is 11.8. The van der Waals surface area contributed by atoms with Crippen LogP contribution in [0.2, 0.25) is 0 Å². The van der Waals surface area contributed by atoms with Crippen molar-refractivity contribution in [1.29, 1.82) is 5.26 Å². The van der Waals surface area contributed by atoms with E-state index in [1.165, 1.54) is 16.4 Å². The Labute approximate surface area is 179 Å². The van der Waals surface area contributed by atoms with E-state index < -0.39 is 10.0 Å². The Bertz CT molecular complexity index is 1250. The van der Waals surface area contributed by atoms with Gasteiger partial charge in [0.05, 0.1) is 25.7 Å². The molecular weight excluding hydrogens is 420 g/mol. The van der Waals surface area contributed by atoms with E-state index in [1.54, 1.807) is 23.5 Å². The number of carbonyl (C=O) groups is 1. The molecular formula is C21H20N4O3S2. The van der Waals surface area contributed by atoms with Crippen LogP contribution in [0.15, 0.2) is 47.4 Å². The normalized spacial score (nSPS) is 15.7. The third-order valence-electron chi connectivity index (χ3n) is 5.21. The molecule has 1 saturated heterocycles. The molecule has 0 atom stereocenters. The number of piperidine rings is 1. The summed E-state index contributed by atoms with van der Waals surface area (Å²) in [6.45, 7) is 2.43. The lowest BCUT2D eigenvalue weighted by atomic mass is 9.97. The molecule has 0 aliphatic carbocycles. The Morgan fingerprint density at radius 2 is 1.97 bits per heavy atom. The Morgan fingerprint density at radius 1 is 1.23 bits per heavy atom. The number of aryl methyl sites for hydroxylation is 1. The smallest absolute Gasteiger partial charge is 0.244 e. The van der Waals surface area contributed by atoms with E-state index in [0.29, 0.717) is 18.5 Å². The molecule has 30 heavy (non-hydrogen) atoms. The number of rotatable bonds is 4. The fraction of sp³-hybridized carbons (Fsp3) is 0.286. The second-order valence-electron chi connectivity index (χ2n) is 7.19. The predicted octanol–water partition coefficient (Wildman–Crippen LogP) is 3.52. The number of aromatic nitrogens is 1. The number of hydrogen-bond donors (Lipinski definition) is 1. The number of nitrogens with zero attached hydrogens (tertiary/aromatic N) is 3. The molecule has 1 aromatic heterocycles. The van der Waals surface area contributed by atoms with Crippen molar-refractivity contribution in [2.75, 3.05) is 18.4 Å². The zero-order chi connectivity index (χ0) is 21.3. The molecule has 4 rings (SSSR count). The van der Waals surface area contributed by atoms with E-state index in [-0.39, 0.29) is 35.4 Å². The average Bonchev–Trinajstić information content (AvgIpc) is 3.13. The molecule has 7 nitrogen and oxygen atoms in total. The molecule has 0 radical (unpaired) electrons. The van der Waals surface area contributed by atoms with Gasteiger partial charge in [-0.15, -0.1) is 11.3 Å². The number of anilines is 1. The maximum atomic E-state index is 12.9. The maximum Gasteiger partial charge on any atom is 0.244 e. The number of benzene rings is 2. The van der Waals surface area contributed by atoms with Crippen LogP contribution >= 0.6 is 11.3 Å². The van der Waals surface area contributed by atoms with E-state index >= 15 is 0 Å². The highest BCUT2D eigenvalue weighted by molar-refractivity contribution is 7.89. The maximum absolute atomic E-state index is 12.9. The van der Waals surface area contributed by atoms with E-state index in [2.05, 4.69) is 10.3 Å². The van der Waals surface area contributed by atoms with E-state index in [1.807, 2.05) is 31.2 Å². The van der Waals surface area contributed by atoms with Crippen molar-refractivity contribution in [1.82, 2.24) is 9.29 Å². The Kier molecular flexibility index (Phi) is 5.56. The topological polar surface area (TPSA) is 103 Å². The molecule has 3 aromatic rings. The van der Waals surface area contributed by atoms with Crippen molar-refractivity contribution >= 4 is 43.2 Å². The van der Waals surface area contributed by atoms with Gasteiger partial charge in [-0.3, -0.25) is 4.79 Å². The summed E-state index contributed by atoms with van der Waals surface area (Å²) in [6.07, 6.45) is 0.864. The number of amides is 1. The molecule has 1 N–H and O–H groups in total. The van der Waals surface area contributed by atoms with Crippen molar-refractivity contribution in [2.45, 2.75) is 24.7 Å². The van der Waals surface area contributed by atoms with E-state index in [9.17, 15) is 18.5 Å². The molecule has 1 aliphatic heterocycles. The fourth-order valence-corrected chi connectivity index (χ4v) is 6.12. The molecule has 0 saturated carbocycles. The number of nitriles is 1. The highest BCUT2D eigenvalue weighted by atomic mass is 32.2. The Hall–Kier alpha value is -2.80. The van der Waals surface area contributed by atoms with Crippen molar-refractivity contribution in [3.63, 3.8) is 0 Å². The molecule has 9 heteroatoms. The third-order valence-corrected chi connectivity index (χ3v) is 8.10. The number of carbonyl (C=O) groups excluding carboxylic acids is 1. The summed E-state index contributed by atoms with van der Waals surface area (Å²) in [6, 6.07) is 13.8. The minimum atomic E-state index is -3.76. The van der Waals surface area contributed by atoms with Crippen LogP contribution in [-0.4, -0.2) is 36.7 Å². The molecule has 0 unspecified atom stereocenters. The van der Waals surface area contributed by atoms with Gasteiger partial charge < -0.3 is 5.32 Å². The average molecular weight is 441 g/mol. The third kappa shape index (κ3) is 3.94. The lowest BCUT2D eigenvalue weighted by Crippen LogP contribution is -2.41. The van der Waals surface area contributed by atoms with Crippen LogP contribution in [0.5, 0.6) is 0 Å². The van der Waals surface area contributed by atoms with Gasteiger partial charge in [-0.2, -0.15) is 9.57 Å². The number of sulfonamides is 1. The summed E-state index contributed by atoms with van der Waals surface area (Å²) < 4.78 is 28.2. The summed E-state index contributed by atoms with van der Waals surface area (Å²) in [4.78, 5) is 17.1. The Balaban J connectivity index is 1.42. The van der Waals surface area contributed by atoms with Gasteiger partial charge in [0, 0.05) is 24.7 Å². The van der Waals surface area contributed by atoms with E-state index in [0.717, 1.165) is 15.2 Å². The van der Waals surface area contributed by atoms with Crippen LogP contribution in [0, 0.1) is 24.2 Å². The lowest BCUT2D eigenvalue weighted by Gasteiger charge is -2.30. The summed E-state index contributed by atoms with van der Waals surface area (Å²) in [7, 11) is -3.76. The van der Waals surface area contributed by atoms with Crippen LogP contribution in [0.4, 0.5) is 5.69 Å². The highest BCUT2D eigenvalue weighted by Crippen LogP contribution is 2.28. The first kappa shape index (κ1) is 20.5. The van der Waals surface area contributed by atoms with Crippen molar-refractivity contribution in [2.24, 2.45) is 5.92 Å². The number of hydrogen-bond acceptors (Lipinski definition) is 6. The quantitative estimate of drug-likeness (QED) is 0.669. The zero-order valence-electron chi connectivity index (χ0n) is 16.3.